The molecule has 0 bridgehead atoms. The van der Waals surface area contributed by atoms with Gasteiger partial charge in [0, 0.05) is 0 Å². The van der Waals surface area contributed by atoms with Crippen LogP contribution in [0.3, 0.4) is 0 Å². The maximum Gasteiger partial charge on any atom is 0.429 e. The second-order valence-electron chi connectivity index (χ2n) is 6.71. The summed E-state index contributed by atoms with van der Waals surface area (Å²) in [6.07, 6.45) is -0.956. The highest BCUT2D eigenvalue weighted by molar-refractivity contribution is 7.93. The molecule has 0 heterocycles. The SMILES string of the molecule is COc1ccc(S(=O)(=O)N(C(=O)OC(C)(C)C)c2ccccc2C)cc1. The summed E-state index contributed by atoms with van der Waals surface area (Å²) in [5.74, 6) is 0.517. The fourth-order valence-corrected chi connectivity index (χ4v) is 3.66. The topological polar surface area (TPSA) is 72.9 Å². The van der Waals surface area contributed by atoms with Crippen LogP contribution >= 0.6 is 0 Å². The summed E-state index contributed by atoms with van der Waals surface area (Å²) in [7, 11) is -2.68. The van der Waals surface area contributed by atoms with E-state index < -0.39 is 21.7 Å². The van der Waals surface area contributed by atoms with E-state index in [4.69, 9.17) is 9.47 Å². The number of anilines is 1. The lowest BCUT2D eigenvalue weighted by atomic mass is 10.2. The molecule has 6 nitrogen and oxygen atoms in total. The summed E-state index contributed by atoms with van der Waals surface area (Å²) >= 11 is 0. The van der Waals surface area contributed by atoms with Gasteiger partial charge in [0.1, 0.15) is 11.4 Å². The van der Waals surface area contributed by atoms with Gasteiger partial charge in [0.05, 0.1) is 17.7 Å². The minimum atomic E-state index is -4.17. The quantitative estimate of drug-likeness (QED) is 0.801. The molecule has 0 aliphatic heterocycles. The zero-order valence-corrected chi connectivity index (χ0v) is 16.3. The number of methoxy groups -OCH3 is 1. The van der Waals surface area contributed by atoms with Crippen molar-refractivity contribution in [3.05, 3.63) is 54.1 Å². The molecule has 0 unspecified atom stereocenters. The number of sulfonamides is 1. The fraction of sp³-hybridized carbons (Fsp3) is 0.316. The molecule has 0 N–H and O–H groups in total. The van der Waals surface area contributed by atoms with Crippen LogP contribution < -0.4 is 9.04 Å². The first kappa shape index (κ1) is 19.8. The van der Waals surface area contributed by atoms with Crippen molar-refractivity contribution in [1.29, 1.82) is 0 Å². The number of amides is 1. The monoisotopic (exact) mass is 377 g/mol. The molecule has 2 rings (SSSR count). The first-order valence-electron chi connectivity index (χ1n) is 8.04. The maximum atomic E-state index is 13.2. The highest BCUT2D eigenvalue weighted by Gasteiger charge is 2.35. The molecule has 0 atom stereocenters. The van der Waals surface area contributed by atoms with Gasteiger partial charge in [-0.3, -0.25) is 0 Å². The number of hydrogen-bond acceptors (Lipinski definition) is 5. The molecular formula is C19H23NO5S. The minimum absolute atomic E-state index is 0.0348. The standard InChI is InChI=1S/C19H23NO5S/c1-14-8-6-7-9-17(14)20(18(21)25-19(2,3)4)26(22,23)16-12-10-15(24-5)11-13-16/h6-13H,1-5H3. The second kappa shape index (κ2) is 7.37. The Morgan fingerprint density at radius 3 is 2.08 bits per heavy atom. The number of aryl methyl sites for hydroxylation is 1. The fourth-order valence-electron chi connectivity index (χ4n) is 2.27. The minimum Gasteiger partial charge on any atom is -0.497 e. The largest absolute Gasteiger partial charge is 0.497 e. The Kier molecular flexibility index (Phi) is 5.61. The van der Waals surface area contributed by atoms with Crippen molar-refractivity contribution in [1.82, 2.24) is 0 Å². The second-order valence-corrected chi connectivity index (χ2v) is 8.50. The van der Waals surface area contributed by atoms with E-state index in [1.165, 1.54) is 31.4 Å². The lowest BCUT2D eigenvalue weighted by molar-refractivity contribution is 0.0608. The molecule has 0 aromatic heterocycles. The van der Waals surface area contributed by atoms with Gasteiger partial charge >= 0.3 is 6.09 Å². The van der Waals surface area contributed by atoms with E-state index in [9.17, 15) is 13.2 Å². The van der Waals surface area contributed by atoms with E-state index in [1.807, 2.05) is 0 Å². The number of ether oxygens (including phenoxy) is 2. The normalized spacial score (nSPS) is 11.7. The molecule has 0 saturated carbocycles. The van der Waals surface area contributed by atoms with Crippen molar-refractivity contribution >= 4 is 21.8 Å². The summed E-state index contributed by atoms with van der Waals surface area (Å²) in [6, 6.07) is 12.6. The van der Waals surface area contributed by atoms with Crippen molar-refractivity contribution in [3.8, 4) is 5.75 Å². The molecule has 0 saturated heterocycles. The highest BCUT2D eigenvalue weighted by atomic mass is 32.2. The van der Waals surface area contributed by atoms with Crippen LogP contribution in [0.4, 0.5) is 10.5 Å². The Balaban J connectivity index is 2.58. The lowest BCUT2D eigenvalue weighted by Gasteiger charge is -2.28. The van der Waals surface area contributed by atoms with Crippen molar-refractivity contribution in [2.24, 2.45) is 0 Å². The number of carbonyl (C=O) groups excluding carboxylic acids is 1. The first-order valence-corrected chi connectivity index (χ1v) is 9.48. The molecular weight excluding hydrogens is 354 g/mol. The Labute approximate surface area is 154 Å². The van der Waals surface area contributed by atoms with Crippen molar-refractivity contribution in [2.45, 2.75) is 38.2 Å². The van der Waals surface area contributed by atoms with Gasteiger partial charge in [0.15, 0.2) is 0 Å². The van der Waals surface area contributed by atoms with Crippen molar-refractivity contribution < 1.29 is 22.7 Å². The van der Waals surface area contributed by atoms with Crippen molar-refractivity contribution in [2.75, 3.05) is 11.4 Å². The molecule has 7 heteroatoms. The van der Waals surface area contributed by atoms with Gasteiger partial charge in [-0.2, -0.15) is 4.31 Å². The van der Waals surface area contributed by atoms with E-state index in [-0.39, 0.29) is 10.6 Å². The Morgan fingerprint density at radius 1 is 1.00 bits per heavy atom. The van der Waals surface area contributed by atoms with Gasteiger partial charge in [-0.15, -0.1) is 0 Å². The van der Waals surface area contributed by atoms with Crippen LogP contribution in [-0.2, 0) is 14.8 Å². The third-order valence-corrected chi connectivity index (χ3v) is 5.19. The molecule has 0 aliphatic carbocycles. The van der Waals surface area contributed by atoms with E-state index in [2.05, 4.69) is 0 Å². The van der Waals surface area contributed by atoms with E-state index in [0.29, 0.717) is 15.6 Å². The number of rotatable bonds is 4. The zero-order chi connectivity index (χ0) is 19.5. The summed E-state index contributed by atoms with van der Waals surface area (Å²) < 4.78 is 37.5. The molecule has 0 radical (unpaired) electrons. The van der Waals surface area contributed by atoms with Gasteiger partial charge < -0.3 is 9.47 Å². The summed E-state index contributed by atoms with van der Waals surface area (Å²) in [6.45, 7) is 6.78. The van der Waals surface area contributed by atoms with Crippen LogP contribution in [-0.4, -0.2) is 27.2 Å². The zero-order valence-electron chi connectivity index (χ0n) is 15.5. The third kappa shape index (κ3) is 4.35. The predicted octanol–water partition coefficient (Wildman–Crippen LogP) is 4.13. The van der Waals surface area contributed by atoms with Gasteiger partial charge in [-0.1, -0.05) is 18.2 Å². The van der Waals surface area contributed by atoms with Gasteiger partial charge in [-0.25, -0.2) is 13.2 Å². The Bertz CT molecular complexity index is 883. The smallest absolute Gasteiger partial charge is 0.429 e. The summed E-state index contributed by atoms with van der Waals surface area (Å²) in [5, 5.41) is 0. The van der Waals surface area contributed by atoms with Crippen LogP contribution in [0, 0.1) is 6.92 Å². The number of nitrogens with zero attached hydrogens (tertiary/aromatic N) is 1. The molecule has 0 aliphatic rings. The molecule has 140 valence electrons. The van der Waals surface area contributed by atoms with Gasteiger partial charge in [0.25, 0.3) is 10.0 Å². The molecule has 2 aromatic carbocycles. The van der Waals surface area contributed by atoms with Crippen LogP contribution in [0.2, 0.25) is 0 Å². The molecule has 1 amide bonds. The predicted molar refractivity (Wildman–Crippen MR) is 100 cm³/mol. The van der Waals surface area contributed by atoms with E-state index in [1.54, 1.807) is 52.0 Å². The molecule has 26 heavy (non-hydrogen) atoms. The number of para-hydroxylation sites is 1. The third-order valence-electron chi connectivity index (χ3n) is 3.49. The number of benzene rings is 2. The molecule has 0 fully saturated rings. The van der Waals surface area contributed by atoms with Crippen LogP contribution in [0.5, 0.6) is 5.75 Å². The maximum absolute atomic E-state index is 13.2. The van der Waals surface area contributed by atoms with E-state index >= 15 is 0 Å². The number of hydrogen-bond donors (Lipinski definition) is 0. The summed E-state index contributed by atoms with van der Waals surface area (Å²) in [4.78, 5) is 12.7. The van der Waals surface area contributed by atoms with E-state index in [0.717, 1.165) is 0 Å². The van der Waals surface area contributed by atoms with Crippen LogP contribution in [0.25, 0.3) is 0 Å². The average Bonchev–Trinajstić information content (AvgIpc) is 2.55. The van der Waals surface area contributed by atoms with Gasteiger partial charge in [0.2, 0.25) is 0 Å². The van der Waals surface area contributed by atoms with Gasteiger partial charge in [-0.05, 0) is 63.6 Å². The molecule has 2 aromatic rings. The van der Waals surface area contributed by atoms with Crippen LogP contribution in [0.1, 0.15) is 26.3 Å². The Hall–Kier alpha value is -2.54. The number of carbonyl (C=O) groups is 1. The van der Waals surface area contributed by atoms with Crippen molar-refractivity contribution in [3.63, 3.8) is 0 Å². The Morgan fingerprint density at radius 2 is 1.58 bits per heavy atom. The average molecular weight is 377 g/mol. The van der Waals surface area contributed by atoms with Crippen LogP contribution in [0.15, 0.2) is 53.4 Å². The molecule has 0 spiro atoms. The first-order chi connectivity index (χ1) is 12.1. The lowest BCUT2D eigenvalue weighted by Crippen LogP contribution is -2.41. The summed E-state index contributed by atoms with van der Waals surface area (Å²) in [5.41, 5.74) is 0.0426. The highest BCUT2D eigenvalue weighted by Crippen LogP contribution is 2.29.